The predicted octanol–water partition coefficient (Wildman–Crippen LogP) is 9.89. The van der Waals surface area contributed by atoms with E-state index in [1.165, 1.54) is 56.1 Å². The molecule has 6 rings (SSSR count). The third-order valence-corrected chi connectivity index (χ3v) is 7.49. The van der Waals surface area contributed by atoms with Gasteiger partial charge in [0.25, 0.3) is 0 Å². The third kappa shape index (κ3) is 8.98. The van der Waals surface area contributed by atoms with Gasteiger partial charge in [-0.05, 0) is 55.2 Å². The van der Waals surface area contributed by atoms with Crippen LogP contribution in [0.4, 0.5) is 0 Å². The Balaban J connectivity index is 0.000000206. The van der Waals surface area contributed by atoms with E-state index in [1.807, 2.05) is 73.3 Å². The summed E-state index contributed by atoms with van der Waals surface area (Å²) in [5.41, 5.74) is 6.96. The van der Waals surface area contributed by atoms with Crippen LogP contribution in [0.2, 0.25) is 0 Å². The first-order valence-electron chi connectivity index (χ1n) is 15.4. The molecule has 0 spiro atoms. The quantitative estimate of drug-likeness (QED) is 0.0975. The molecule has 0 aliphatic carbocycles. The monoisotopic (exact) mass is 757 g/mol. The summed E-state index contributed by atoms with van der Waals surface area (Å²) in [6.45, 7) is 4.36. The van der Waals surface area contributed by atoms with Gasteiger partial charge in [-0.2, -0.15) is 0 Å². The number of aryl methyl sites for hydroxylation is 2. The largest absolute Gasteiger partial charge is 0.340 e. The molecule has 0 saturated carbocycles. The number of rotatable bonds is 11. The van der Waals surface area contributed by atoms with Crippen LogP contribution in [0.25, 0.3) is 34.2 Å². The minimum absolute atomic E-state index is 0. The summed E-state index contributed by atoms with van der Waals surface area (Å²) in [7, 11) is 0. The van der Waals surface area contributed by atoms with Crippen LogP contribution in [0.5, 0.6) is 0 Å². The molecule has 0 aliphatic rings. The number of imidazole rings is 2. The maximum Gasteiger partial charge on any atom is 0.0602 e. The maximum absolute atomic E-state index is 4.50. The van der Waals surface area contributed by atoms with Gasteiger partial charge >= 0.3 is 0 Å². The van der Waals surface area contributed by atoms with Crippen LogP contribution in [0.3, 0.4) is 0 Å². The molecule has 0 fully saturated rings. The van der Waals surface area contributed by atoms with E-state index < -0.39 is 0 Å². The summed E-state index contributed by atoms with van der Waals surface area (Å²) in [5, 5.41) is 0. The van der Waals surface area contributed by atoms with E-state index in [-0.39, 0.29) is 20.1 Å². The van der Waals surface area contributed by atoms with Crippen molar-refractivity contribution in [1.82, 2.24) is 19.1 Å². The van der Waals surface area contributed by atoms with Gasteiger partial charge in [-0.1, -0.05) is 63.3 Å². The van der Waals surface area contributed by atoms with Crippen LogP contribution in [-0.2, 0) is 26.5 Å². The SMILES string of the molecule is CCCCCCCCc1ccc(-n2ccnc2-c2[c-]cccc2)cc1.Cc1cccc(-n2ccnc2-c2[c-]cccc2)c1.[Ir]. The normalized spacial score (nSPS) is 10.5. The minimum Gasteiger partial charge on any atom is -0.340 e. The summed E-state index contributed by atoms with van der Waals surface area (Å²) in [4.78, 5) is 8.93. The van der Waals surface area contributed by atoms with E-state index in [0.29, 0.717) is 0 Å². The van der Waals surface area contributed by atoms with Crippen molar-refractivity contribution >= 4 is 0 Å². The van der Waals surface area contributed by atoms with Crippen LogP contribution in [0.15, 0.2) is 122 Å². The van der Waals surface area contributed by atoms with Gasteiger partial charge in [-0.3, -0.25) is 9.97 Å². The van der Waals surface area contributed by atoms with E-state index in [0.717, 1.165) is 34.2 Å². The summed E-state index contributed by atoms with van der Waals surface area (Å²) in [5.74, 6) is 1.85. The topological polar surface area (TPSA) is 35.6 Å². The van der Waals surface area contributed by atoms with E-state index in [4.69, 9.17) is 0 Å². The summed E-state index contributed by atoms with van der Waals surface area (Å²) < 4.78 is 4.21. The Morgan fingerprint density at radius 3 is 1.77 bits per heavy atom. The van der Waals surface area contributed by atoms with Gasteiger partial charge < -0.3 is 9.13 Å². The van der Waals surface area contributed by atoms with Crippen molar-refractivity contribution < 1.29 is 20.1 Å². The Morgan fingerprint density at radius 1 is 0.614 bits per heavy atom. The molecule has 0 atom stereocenters. The van der Waals surface area contributed by atoms with Gasteiger partial charge in [0.1, 0.15) is 0 Å². The molecule has 0 aliphatic heterocycles. The van der Waals surface area contributed by atoms with Gasteiger partial charge in [-0.25, -0.2) is 0 Å². The zero-order chi connectivity index (χ0) is 29.7. The van der Waals surface area contributed by atoms with Gasteiger partial charge in [0.05, 0.1) is 11.6 Å². The molecule has 4 nitrogen and oxygen atoms in total. The molecule has 2 heterocycles. The molecule has 44 heavy (non-hydrogen) atoms. The second kappa shape index (κ2) is 17.3. The van der Waals surface area contributed by atoms with Crippen LogP contribution in [0, 0.1) is 19.1 Å². The molecule has 0 bridgehead atoms. The second-order valence-corrected chi connectivity index (χ2v) is 10.8. The zero-order valence-corrected chi connectivity index (χ0v) is 28.0. The smallest absolute Gasteiger partial charge is 0.0602 e. The van der Waals surface area contributed by atoms with Crippen molar-refractivity contribution in [3.05, 3.63) is 145 Å². The number of hydrogen-bond acceptors (Lipinski definition) is 2. The summed E-state index contributed by atoms with van der Waals surface area (Å²) >= 11 is 0. The number of benzene rings is 4. The second-order valence-electron chi connectivity index (χ2n) is 10.8. The Morgan fingerprint density at radius 2 is 1.20 bits per heavy atom. The first-order valence-corrected chi connectivity index (χ1v) is 15.4. The molecule has 0 unspecified atom stereocenters. The molecule has 0 saturated heterocycles. The van der Waals surface area contributed by atoms with E-state index in [2.05, 4.69) is 93.6 Å². The summed E-state index contributed by atoms with van der Waals surface area (Å²) in [6, 6.07) is 39.6. The zero-order valence-electron chi connectivity index (χ0n) is 25.6. The summed E-state index contributed by atoms with van der Waals surface area (Å²) in [6.07, 6.45) is 16.9. The van der Waals surface area contributed by atoms with E-state index in [1.54, 1.807) is 0 Å². The molecular formula is C39H40IrN4-2. The van der Waals surface area contributed by atoms with Crippen LogP contribution in [-0.4, -0.2) is 19.1 Å². The van der Waals surface area contributed by atoms with E-state index in [9.17, 15) is 0 Å². The van der Waals surface area contributed by atoms with Gasteiger partial charge in [-0.15, -0.1) is 71.8 Å². The molecule has 1 radical (unpaired) electrons. The average molecular weight is 757 g/mol. The number of unbranched alkanes of at least 4 members (excludes halogenated alkanes) is 5. The first-order chi connectivity index (χ1) is 21.2. The molecular weight excluding hydrogens is 717 g/mol. The Bertz CT molecular complexity index is 1650. The van der Waals surface area contributed by atoms with Gasteiger partial charge in [0, 0.05) is 56.3 Å². The van der Waals surface area contributed by atoms with Crippen molar-refractivity contribution in [3.8, 4) is 34.2 Å². The van der Waals surface area contributed by atoms with Crippen molar-refractivity contribution in [2.75, 3.05) is 0 Å². The fourth-order valence-corrected chi connectivity index (χ4v) is 5.20. The minimum atomic E-state index is 0. The number of aromatic nitrogens is 4. The van der Waals surface area contributed by atoms with Gasteiger partial charge in [0.15, 0.2) is 0 Å². The van der Waals surface area contributed by atoms with Gasteiger partial charge in [0.2, 0.25) is 0 Å². The number of hydrogen-bond donors (Lipinski definition) is 0. The molecule has 0 amide bonds. The van der Waals surface area contributed by atoms with Crippen molar-refractivity contribution in [1.29, 1.82) is 0 Å². The molecule has 0 N–H and O–H groups in total. The Kier molecular flexibility index (Phi) is 12.9. The Hall–Kier alpha value is -4.05. The molecule has 227 valence electrons. The Labute approximate surface area is 276 Å². The molecule has 5 heteroatoms. The van der Waals surface area contributed by atoms with Crippen molar-refractivity contribution in [3.63, 3.8) is 0 Å². The van der Waals surface area contributed by atoms with Crippen LogP contribution >= 0.6 is 0 Å². The first kappa shape index (κ1) is 32.9. The van der Waals surface area contributed by atoms with Crippen molar-refractivity contribution in [2.45, 2.75) is 58.8 Å². The predicted molar refractivity (Wildman–Crippen MR) is 177 cm³/mol. The molecule has 2 aromatic heterocycles. The molecule has 6 aromatic rings. The van der Waals surface area contributed by atoms with Crippen LogP contribution < -0.4 is 0 Å². The third-order valence-electron chi connectivity index (χ3n) is 7.49. The van der Waals surface area contributed by atoms with E-state index >= 15 is 0 Å². The maximum atomic E-state index is 4.50. The van der Waals surface area contributed by atoms with Crippen molar-refractivity contribution in [2.24, 2.45) is 0 Å². The standard InChI is InChI=1S/C23H27N2.C16H13N2.Ir/c1-2-3-4-5-6-8-11-20-14-16-22(17-15-20)25-19-18-24-23(25)21-12-9-7-10-13-21;1-13-6-5-9-15(12-13)18-11-10-17-16(18)14-7-3-2-4-8-14;/h7,9-10,12,14-19H,2-6,8,11H2,1H3;2-7,9-12H,1H3;/q2*-1;. The molecule has 4 aromatic carbocycles. The average Bonchev–Trinajstić information content (AvgIpc) is 3.75. The fraction of sp³-hybridized carbons (Fsp3) is 0.231. The van der Waals surface area contributed by atoms with Crippen LogP contribution in [0.1, 0.15) is 56.6 Å². The fourth-order valence-electron chi connectivity index (χ4n) is 5.20. The number of nitrogens with zero attached hydrogens (tertiary/aromatic N) is 4.